The maximum absolute atomic E-state index is 11.6. The summed E-state index contributed by atoms with van der Waals surface area (Å²) in [6.45, 7) is 6.25. The zero-order valence-electron chi connectivity index (χ0n) is 23.2. The molecule has 0 unspecified atom stereocenters. The molecule has 0 bridgehead atoms. The smallest absolute Gasteiger partial charge is 0.475 e. The molecule has 1 saturated heterocycles. The number of aliphatic carboxylic acids is 2. The number of benzene rings is 1. The molecule has 2 atom stereocenters. The van der Waals surface area contributed by atoms with E-state index in [0.29, 0.717) is 0 Å². The van der Waals surface area contributed by atoms with Gasteiger partial charge in [0.1, 0.15) is 0 Å². The number of halogens is 6. The van der Waals surface area contributed by atoms with Gasteiger partial charge in [0.05, 0.1) is 12.1 Å². The van der Waals surface area contributed by atoms with Gasteiger partial charge in [0.15, 0.2) is 0 Å². The highest BCUT2D eigenvalue weighted by atomic mass is 19.4. The molecular weight excluding hydrogens is 572 g/mol. The van der Waals surface area contributed by atoms with Gasteiger partial charge in [-0.3, -0.25) is 14.8 Å². The molecule has 0 amide bonds. The van der Waals surface area contributed by atoms with Crippen LogP contribution < -0.4 is 0 Å². The van der Waals surface area contributed by atoms with Crippen molar-refractivity contribution < 1.29 is 51.3 Å². The Balaban J connectivity index is 0.000000367. The van der Waals surface area contributed by atoms with E-state index >= 15 is 0 Å². The van der Waals surface area contributed by atoms with Gasteiger partial charge < -0.3 is 15.3 Å². The van der Waals surface area contributed by atoms with Crippen LogP contribution in [-0.2, 0) is 21.5 Å². The van der Waals surface area contributed by atoms with Crippen molar-refractivity contribution >= 4 is 11.9 Å². The first-order valence-corrected chi connectivity index (χ1v) is 13.2. The molecule has 1 fully saturated rings. The van der Waals surface area contributed by atoms with Crippen molar-refractivity contribution in [1.29, 1.82) is 0 Å². The first kappa shape index (κ1) is 35.0. The van der Waals surface area contributed by atoms with Gasteiger partial charge in [-0.15, -0.1) is 0 Å². The number of pyridine rings is 1. The topological polar surface area (TPSA) is 114 Å². The predicted octanol–water partition coefficient (Wildman–Crippen LogP) is 5.03. The molecule has 14 heteroatoms. The van der Waals surface area contributed by atoms with E-state index < -0.39 is 24.3 Å². The number of carbonyl (C=O) groups is 2. The number of carboxylic acids is 2. The van der Waals surface area contributed by atoms with E-state index in [4.69, 9.17) is 19.8 Å². The Kier molecular flexibility index (Phi) is 12.3. The van der Waals surface area contributed by atoms with Crippen LogP contribution in [0.25, 0.3) is 0 Å². The normalized spacial score (nSPS) is 19.8. The number of fused-ring (bicyclic) bond motifs is 2. The van der Waals surface area contributed by atoms with Gasteiger partial charge in [-0.05, 0) is 68.7 Å². The van der Waals surface area contributed by atoms with E-state index in [1.165, 1.54) is 29.5 Å². The standard InChI is InChI=1S/C24H33N3O.2C2HF3O2/c1-3-4-14-26(2)22-20-9-5-6-10-21(20)24(23(22)28)11-15-27(16-12-24)18-19-8-7-13-25-17-19;2*3-2(4,5)1(6)7/h5-10,13,17,22-23,28H,3-4,11-12,14-16,18H2,1-2H3;2*(H,6,7)/t22-,23+;;/m1../s1. The van der Waals surface area contributed by atoms with Gasteiger partial charge in [0, 0.05) is 24.4 Å². The van der Waals surface area contributed by atoms with Crippen LogP contribution in [-0.4, -0.2) is 87.2 Å². The van der Waals surface area contributed by atoms with Crippen LogP contribution in [0, 0.1) is 0 Å². The molecule has 0 radical (unpaired) electrons. The van der Waals surface area contributed by atoms with Crippen molar-refractivity contribution in [1.82, 2.24) is 14.8 Å². The van der Waals surface area contributed by atoms with E-state index in [1.54, 1.807) is 0 Å². The third-order valence-corrected chi connectivity index (χ3v) is 7.38. The molecule has 234 valence electrons. The fourth-order valence-electron chi connectivity index (χ4n) is 5.29. The lowest BCUT2D eigenvalue weighted by Gasteiger charge is -2.43. The van der Waals surface area contributed by atoms with Crippen molar-refractivity contribution in [2.75, 3.05) is 26.7 Å². The van der Waals surface area contributed by atoms with Crippen LogP contribution in [0.5, 0.6) is 0 Å². The monoisotopic (exact) mass is 607 g/mol. The van der Waals surface area contributed by atoms with E-state index in [-0.39, 0.29) is 17.6 Å². The van der Waals surface area contributed by atoms with Crippen LogP contribution in [0.4, 0.5) is 26.3 Å². The fourth-order valence-corrected chi connectivity index (χ4v) is 5.29. The third kappa shape index (κ3) is 9.13. The second-order valence-electron chi connectivity index (χ2n) is 10.2. The summed E-state index contributed by atoms with van der Waals surface area (Å²) in [7, 11) is 2.18. The van der Waals surface area contributed by atoms with Gasteiger partial charge in [0.2, 0.25) is 0 Å². The number of aliphatic hydroxyl groups excluding tert-OH is 1. The molecule has 2 aliphatic rings. The minimum absolute atomic E-state index is 0.104. The molecule has 42 heavy (non-hydrogen) atoms. The molecule has 3 N–H and O–H groups in total. The number of hydrogen-bond donors (Lipinski definition) is 3. The molecule has 2 heterocycles. The average molecular weight is 608 g/mol. The molecule has 2 aromatic rings. The quantitative estimate of drug-likeness (QED) is 0.392. The predicted molar refractivity (Wildman–Crippen MR) is 141 cm³/mol. The SMILES string of the molecule is CCCCN(C)[C@@H]1c2ccccc2C2(CCN(Cc3cccnc3)CC2)[C@H]1O.O=C(O)C(F)(F)F.O=C(O)C(F)(F)F. The van der Waals surface area contributed by atoms with Crippen molar-refractivity contribution in [3.05, 3.63) is 65.5 Å². The zero-order chi connectivity index (χ0) is 31.7. The van der Waals surface area contributed by atoms with E-state index in [0.717, 1.165) is 39.0 Å². The number of aliphatic hydroxyl groups is 1. The highest BCUT2D eigenvalue weighted by Gasteiger charge is 2.53. The van der Waals surface area contributed by atoms with E-state index in [9.17, 15) is 31.4 Å². The molecule has 8 nitrogen and oxygen atoms in total. The zero-order valence-corrected chi connectivity index (χ0v) is 23.2. The molecule has 0 saturated carbocycles. The Bertz CT molecular complexity index is 1130. The lowest BCUT2D eigenvalue weighted by Crippen LogP contribution is -2.49. The van der Waals surface area contributed by atoms with Crippen LogP contribution in [0.2, 0.25) is 0 Å². The summed E-state index contributed by atoms with van der Waals surface area (Å²) in [5, 5.41) is 25.8. The molecule has 1 aliphatic carbocycles. The highest BCUT2D eigenvalue weighted by molar-refractivity contribution is 5.73. The number of carboxylic acid groups (broad SMARTS) is 2. The lowest BCUT2D eigenvalue weighted by molar-refractivity contribution is -0.193. The van der Waals surface area contributed by atoms with Crippen LogP contribution >= 0.6 is 0 Å². The average Bonchev–Trinajstić information content (AvgIpc) is 3.16. The highest BCUT2D eigenvalue weighted by Crippen LogP contribution is 2.52. The van der Waals surface area contributed by atoms with E-state index in [2.05, 4.69) is 59.1 Å². The number of rotatable bonds is 6. The first-order valence-electron chi connectivity index (χ1n) is 13.2. The maximum atomic E-state index is 11.6. The van der Waals surface area contributed by atoms with E-state index in [1.807, 2.05) is 18.5 Å². The van der Waals surface area contributed by atoms with Crippen molar-refractivity contribution in [2.45, 2.75) is 69.1 Å². The number of likely N-dealkylation sites (N-methyl/N-ethyl adjacent to an activating group) is 1. The molecule has 4 rings (SSSR count). The summed E-state index contributed by atoms with van der Waals surface area (Å²) in [5.74, 6) is -5.51. The lowest BCUT2D eigenvalue weighted by atomic mass is 9.72. The summed E-state index contributed by atoms with van der Waals surface area (Å²) in [6, 6.07) is 13.1. The van der Waals surface area contributed by atoms with Crippen LogP contribution in [0.15, 0.2) is 48.8 Å². The first-order chi connectivity index (χ1) is 19.5. The molecule has 1 aliphatic heterocycles. The number of likely N-dealkylation sites (tertiary alicyclic amines) is 1. The summed E-state index contributed by atoms with van der Waals surface area (Å²) < 4.78 is 63.5. The number of piperidine rings is 1. The molecule has 1 aromatic carbocycles. The van der Waals surface area contributed by atoms with Gasteiger partial charge in [-0.25, -0.2) is 9.59 Å². The number of aromatic nitrogens is 1. The summed E-state index contributed by atoms with van der Waals surface area (Å²) >= 11 is 0. The summed E-state index contributed by atoms with van der Waals surface area (Å²) in [5.41, 5.74) is 3.89. The second-order valence-corrected chi connectivity index (χ2v) is 10.2. The van der Waals surface area contributed by atoms with Crippen LogP contribution in [0.1, 0.15) is 55.3 Å². The van der Waals surface area contributed by atoms with Gasteiger partial charge in [0.25, 0.3) is 0 Å². The number of unbranched alkanes of at least 4 members (excludes halogenated alkanes) is 1. The Morgan fingerprint density at radius 2 is 1.55 bits per heavy atom. The van der Waals surface area contributed by atoms with Gasteiger partial charge in [-0.1, -0.05) is 43.7 Å². The maximum Gasteiger partial charge on any atom is 0.490 e. The van der Waals surface area contributed by atoms with Crippen molar-refractivity contribution in [3.63, 3.8) is 0 Å². The van der Waals surface area contributed by atoms with Crippen molar-refractivity contribution in [2.24, 2.45) is 0 Å². The Hall–Kier alpha value is -3.23. The number of nitrogens with zero attached hydrogens (tertiary/aromatic N) is 3. The molecule has 1 aromatic heterocycles. The summed E-state index contributed by atoms with van der Waals surface area (Å²) in [4.78, 5) is 26.9. The largest absolute Gasteiger partial charge is 0.490 e. The van der Waals surface area contributed by atoms with Crippen LogP contribution in [0.3, 0.4) is 0 Å². The Labute approximate surface area is 239 Å². The molecule has 1 spiro atoms. The minimum Gasteiger partial charge on any atom is -0.475 e. The van der Waals surface area contributed by atoms with Gasteiger partial charge in [-0.2, -0.15) is 26.3 Å². The van der Waals surface area contributed by atoms with Crippen molar-refractivity contribution in [3.8, 4) is 0 Å². The second kappa shape index (κ2) is 14.8. The Morgan fingerprint density at radius 1 is 1.00 bits per heavy atom. The fraction of sp³-hybridized carbons (Fsp3) is 0.536. The minimum atomic E-state index is -5.08. The number of alkyl halides is 6. The number of hydrogen-bond acceptors (Lipinski definition) is 6. The Morgan fingerprint density at radius 3 is 2.02 bits per heavy atom. The molecular formula is C28H35F6N3O5. The summed E-state index contributed by atoms with van der Waals surface area (Å²) in [6.07, 6.45) is -2.31. The van der Waals surface area contributed by atoms with Gasteiger partial charge >= 0.3 is 24.3 Å². The third-order valence-electron chi connectivity index (χ3n) is 7.38.